The minimum Gasteiger partial charge on any atom is -0.385 e. The van der Waals surface area contributed by atoms with Crippen molar-refractivity contribution in [2.45, 2.75) is 62.2 Å². The highest BCUT2D eigenvalue weighted by atomic mass is 35.5. The Hall–Kier alpha value is -1.61. The van der Waals surface area contributed by atoms with E-state index in [4.69, 9.17) is 11.6 Å². The molecule has 2 aromatic rings. The van der Waals surface area contributed by atoms with Gasteiger partial charge in [-0.3, -0.25) is 0 Å². The summed E-state index contributed by atoms with van der Waals surface area (Å²) in [5.41, 5.74) is 3.81. The number of nitrogens with one attached hydrogen (secondary N) is 2. The number of carbonyl (C=O) groups excluding carboxylic acids is 1. The fraction of sp³-hybridized carbons (Fsp3) is 0.450. The molecule has 4 rings (SSSR count). The molecule has 0 fully saturated rings. The molecule has 0 saturated carbocycles. The fourth-order valence-corrected chi connectivity index (χ4v) is 6.78. The van der Waals surface area contributed by atoms with Crippen molar-refractivity contribution >= 4 is 44.7 Å². The number of hydrogen-bond acceptors (Lipinski definition) is 5. The molecule has 2 aliphatic carbocycles. The first kappa shape index (κ1) is 20.7. The van der Waals surface area contributed by atoms with Crippen LogP contribution in [0.1, 0.15) is 53.8 Å². The third-order valence-electron chi connectivity index (χ3n) is 5.48. The number of aliphatic hydroxyl groups is 1. The average Bonchev–Trinajstić information content (AvgIpc) is 3.37. The summed E-state index contributed by atoms with van der Waals surface area (Å²) in [5.74, 6) is 0. The van der Waals surface area contributed by atoms with E-state index in [0.29, 0.717) is 4.88 Å². The molecule has 6 nitrogen and oxygen atoms in total. The van der Waals surface area contributed by atoms with Crippen molar-refractivity contribution in [2.24, 2.45) is 0 Å². The number of sulfonamides is 1. The number of fused-ring (bicyclic) bond motifs is 2. The van der Waals surface area contributed by atoms with E-state index in [-0.39, 0.29) is 4.21 Å². The molecule has 0 atom stereocenters. The van der Waals surface area contributed by atoms with E-state index in [2.05, 4.69) is 10.0 Å². The number of urea groups is 1. The summed E-state index contributed by atoms with van der Waals surface area (Å²) in [7, 11) is -4.04. The number of anilines is 1. The van der Waals surface area contributed by atoms with E-state index in [1.807, 2.05) is 0 Å². The Morgan fingerprint density at radius 3 is 2.14 bits per heavy atom. The predicted molar refractivity (Wildman–Crippen MR) is 114 cm³/mol. The quantitative estimate of drug-likeness (QED) is 0.647. The highest BCUT2D eigenvalue weighted by molar-refractivity contribution is 7.92. The summed E-state index contributed by atoms with van der Waals surface area (Å²) in [6, 6.07) is 2.16. The summed E-state index contributed by atoms with van der Waals surface area (Å²) < 4.78 is 27.3. The molecule has 2 amide bonds. The smallest absolute Gasteiger partial charge is 0.333 e. The molecule has 1 heterocycles. The van der Waals surface area contributed by atoms with E-state index in [1.54, 1.807) is 19.9 Å². The Morgan fingerprint density at radius 2 is 1.62 bits per heavy atom. The van der Waals surface area contributed by atoms with E-state index < -0.39 is 21.7 Å². The van der Waals surface area contributed by atoms with Crippen molar-refractivity contribution in [3.8, 4) is 0 Å². The van der Waals surface area contributed by atoms with Crippen molar-refractivity contribution in [1.82, 2.24) is 4.72 Å². The number of amides is 2. The molecule has 2 aliphatic rings. The number of carbonyl (C=O) groups is 1. The second-order valence-corrected chi connectivity index (χ2v) is 11.4. The van der Waals surface area contributed by atoms with Gasteiger partial charge in [-0.05, 0) is 86.8 Å². The highest BCUT2D eigenvalue weighted by Crippen LogP contribution is 2.44. The Morgan fingerprint density at radius 1 is 1.07 bits per heavy atom. The Kier molecular flexibility index (Phi) is 5.17. The normalized spacial score (nSPS) is 15.9. The van der Waals surface area contributed by atoms with Gasteiger partial charge in [-0.2, -0.15) is 0 Å². The highest BCUT2D eigenvalue weighted by Gasteiger charge is 2.30. The topological polar surface area (TPSA) is 95.5 Å². The lowest BCUT2D eigenvalue weighted by Gasteiger charge is -2.18. The van der Waals surface area contributed by atoms with Crippen molar-refractivity contribution in [3.63, 3.8) is 0 Å². The Labute approximate surface area is 179 Å². The maximum Gasteiger partial charge on any atom is 0.333 e. The molecule has 0 bridgehead atoms. The first-order valence-electron chi connectivity index (χ1n) is 9.59. The molecule has 156 valence electrons. The fourth-order valence-electron chi connectivity index (χ4n) is 4.14. The minimum atomic E-state index is -4.04. The van der Waals surface area contributed by atoms with Crippen molar-refractivity contribution < 1.29 is 18.3 Å². The average molecular weight is 455 g/mol. The van der Waals surface area contributed by atoms with Crippen LogP contribution in [0.2, 0.25) is 5.02 Å². The maximum atomic E-state index is 12.6. The lowest BCUT2D eigenvalue weighted by molar-refractivity contribution is 0.0825. The van der Waals surface area contributed by atoms with E-state index in [1.165, 1.54) is 6.07 Å². The van der Waals surface area contributed by atoms with Crippen LogP contribution in [-0.4, -0.2) is 19.6 Å². The van der Waals surface area contributed by atoms with Crippen molar-refractivity contribution in [3.05, 3.63) is 44.3 Å². The Bertz CT molecular complexity index is 1070. The van der Waals surface area contributed by atoms with Crippen molar-refractivity contribution in [2.75, 3.05) is 5.32 Å². The largest absolute Gasteiger partial charge is 0.385 e. The van der Waals surface area contributed by atoms with Gasteiger partial charge in [0.1, 0.15) is 4.21 Å². The van der Waals surface area contributed by atoms with E-state index >= 15 is 0 Å². The van der Waals surface area contributed by atoms with Gasteiger partial charge in [-0.1, -0.05) is 11.6 Å². The second kappa shape index (κ2) is 7.27. The van der Waals surface area contributed by atoms with Crippen LogP contribution >= 0.6 is 22.9 Å². The third-order valence-corrected chi connectivity index (χ3v) is 9.16. The number of rotatable bonds is 4. The van der Waals surface area contributed by atoms with E-state index in [0.717, 1.165) is 82.8 Å². The molecule has 1 aromatic heterocycles. The SMILES string of the molecule is CC(C)(O)c1ccc(S(=O)(=O)NC(=O)Nc2c3c(c(Cl)c4c2CCC4)CCC3)s1. The van der Waals surface area contributed by atoms with Gasteiger partial charge in [0, 0.05) is 15.6 Å². The molecule has 0 radical (unpaired) electrons. The lowest BCUT2D eigenvalue weighted by Crippen LogP contribution is -2.34. The molecule has 0 spiro atoms. The van der Waals surface area contributed by atoms with Crippen LogP contribution in [0, 0.1) is 0 Å². The minimum absolute atomic E-state index is 0.0173. The molecule has 0 aliphatic heterocycles. The molecule has 29 heavy (non-hydrogen) atoms. The lowest BCUT2D eigenvalue weighted by atomic mass is 9.98. The summed E-state index contributed by atoms with van der Waals surface area (Å²) in [5, 5.41) is 13.7. The second-order valence-electron chi connectivity index (χ2n) is 8.05. The number of halogens is 1. The van der Waals surface area contributed by atoms with Gasteiger partial charge in [0.05, 0.1) is 5.60 Å². The van der Waals surface area contributed by atoms with Gasteiger partial charge in [-0.15, -0.1) is 11.3 Å². The molecule has 0 saturated heterocycles. The molecule has 0 unspecified atom stereocenters. The first-order valence-corrected chi connectivity index (χ1v) is 12.3. The zero-order valence-corrected chi connectivity index (χ0v) is 18.7. The summed E-state index contributed by atoms with van der Waals surface area (Å²) in [6.45, 7) is 3.16. The van der Waals surface area contributed by atoms with Gasteiger partial charge in [-0.25, -0.2) is 17.9 Å². The van der Waals surface area contributed by atoms with Crippen LogP contribution in [0.4, 0.5) is 10.5 Å². The monoisotopic (exact) mass is 454 g/mol. The maximum absolute atomic E-state index is 12.6. The van der Waals surface area contributed by atoms with Crippen LogP contribution in [0.25, 0.3) is 0 Å². The predicted octanol–water partition coefficient (Wildman–Crippen LogP) is 4.12. The third kappa shape index (κ3) is 3.79. The zero-order valence-electron chi connectivity index (χ0n) is 16.3. The molecular formula is C20H23ClN2O4S2. The van der Waals surface area contributed by atoms with Crippen LogP contribution in [0.5, 0.6) is 0 Å². The molecule has 9 heteroatoms. The number of hydrogen-bond donors (Lipinski definition) is 3. The van der Waals surface area contributed by atoms with Gasteiger partial charge < -0.3 is 10.4 Å². The van der Waals surface area contributed by atoms with E-state index in [9.17, 15) is 18.3 Å². The summed E-state index contributed by atoms with van der Waals surface area (Å²) >= 11 is 7.53. The molecule has 3 N–H and O–H groups in total. The summed E-state index contributed by atoms with van der Waals surface area (Å²) in [4.78, 5) is 13.1. The van der Waals surface area contributed by atoms with Crippen LogP contribution in [0.15, 0.2) is 16.3 Å². The van der Waals surface area contributed by atoms with Crippen LogP contribution in [0.3, 0.4) is 0 Å². The number of benzene rings is 1. The van der Waals surface area contributed by atoms with Gasteiger partial charge in [0.25, 0.3) is 10.0 Å². The first-order chi connectivity index (χ1) is 13.6. The van der Waals surface area contributed by atoms with Gasteiger partial charge >= 0.3 is 6.03 Å². The molecule has 1 aromatic carbocycles. The van der Waals surface area contributed by atoms with Crippen LogP contribution in [-0.2, 0) is 41.3 Å². The van der Waals surface area contributed by atoms with Gasteiger partial charge in [0.15, 0.2) is 0 Å². The standard InChI is InChI=1S/C20H23ClN2O4S2/c1-20(2,25)15-9-10-16(28-15)29(26,27)23-19(24)22-18-13-7-3-5-11(13)17(21)12-6-4-8-14(12)18/h9-10,25H,3-8H2,1-2H3,(H2,22,23,24). The summed E-state index contributed by atoms with van der Waals surface area (Å²) in [6.07, 6.45) is 5.36. The zero-order chi connectivity index (χ0) is 21.0. The Balaban J connectivity index is 1.59. The van der Waals surface area contributed by atoms with Gasteiger partial charge in [0.2, 0.25) is 0 Å². The van der Waals surface area contributed by atoms with Crippen LogP contribution < -0.4 is 10.0 Å². The number of thiophene rings is 1. The molecular weight excluding hydrogens is 432 g/mol. The van der Waals surface area contributed by atoms with Crippen molar-refractivity contribution in [1.29, 1.82) is 0 Å².